The van der Waals surface area contributed by atoms with Crippen LogP contribution in [0.4, 0.5) is 0 Å². The summed E-state index contributed by atoms with van der Waals surface area (Å²) in [5.74, 6) is 0. The molecule has 2 heteroatoms. The second-order valence-electron chi connectivity index (χ2n) is 1.66. The molecule has 0 amide bonds. The second-order valence-corrected chi connectivity index (χ2v) is 2.09. The highest BCUT2D eigenvalue weighted by Gasteiger charge is 1.94. The average molecular weight is 158 g/mol. The molecule has 0 saturated carbocycles. The first kappa shape index (κ1) is 9.44. The Balaban J connectivity index is 0.000000371. The molecule has 1 nitrogen and oxygen atoms in total. The molecule has 56 valence electrons. The third kappa shape index (κ3) is 3.46. The van der Waals surface area contributed by atoms with Gasteiger partial charge in [0.2, 0.25) is 0 Å². The van der Waals surface area contributed by atoms with Crippen molar-refractivity contribution >= 4 is 17.8 Å². The van der Waals surface area contributed by atoms with Crippen LogP contribution >= 0.6 is 11.6 Å². The molecule has 1 heterocycles. The molecular formula is C8H12ClN. The third-order valence-corrected chi connectivity index (χ3v) is 1.06. The van der Waals surface area contributed by atoms with Crippen molar-refractivity contribution in [2.24, 2.45) is 4.99 Å². The zero-order chi connectivity index (χ0) is 7.98. The SMILES string of the molecule is C=C1C=C(Cl)C=NC1.CC. The van der Waals surface area contributed by atoms with E-state index in [0.717, 1.165) is 5.57 Å². The molecule has 1 aliphatic heterocycles. The van der Waals surface area contributed by atoms with Crippen LogP contribution in [-0.4, -0.2) is 12.8 Å². The first-order valence-electron chi connectivity index (χ1n) is 3.34. The van der Waals surface area contributed by atoms with E-state index in [2.05, 4.69) is 11.6 Å². The van der Waals surface area contributed by atoms with Crippen LogP contribution in [0, 0.1) is 0 Å². The van der Waals surface area contributed by atoms with E-state index < -0.39 is 0 Å². The largest absolute Gasteiger partial charge is 0.287 e. The number of dihydropyridines is 1. The number of aliphatic imine (C=N–C) groups is 1. The van der Waals surface area contributed by atoms with Crippen molar-refractivity contribution in [2.45, 2.75) is 13.8 Å². The van der Waals surface area contributed by atoms with Gasteiger partial charge in [0.15, 0.2) is 0 Å². The van der Waals surface area contributed by atoms with E-state index in [1.165, 1.54) is 0 Å². The van der Waals surface area contributed by atoms with E-state index in [4.69, 9.17) is 11.6 Å². The van der Waals surface area contributed by atoms with Gasteiger partial charge in [-0.05, 0) is 11.6 Å². The van der Waals surface area contributed by atoms with Gasteiger partial charge in [0, 0.05) is 6.21 Å². The van der Waals surface area contributed by atoms with Crippen molar-refractivity contribution in [3.05, 3.63) is 23.3 Å². The predicted molar refractivity (Wildman–Crippen MR) is 47.8 cm³/mol. The van der Waals surface area contributed by atoms with Crippen LogP contribution in [0.2, 0.25) is 0 Å². The fraction of sp³-hybridized carbons (Fsp3) is 0.375. The summed E-state index contributed by atoms with van der Waals surface area (Å²) < 4.78 is 0. The molecule has 0 spiro atoms. The lowest BCUT2D eigenvalue weighted by Crippen LogP contribution is -1.91. The van der Waals surface area contributed by atoms with Crippen LogP contribution in [0.15, 0.2) is 28.3 Å². The summed E-state index contributed by atoms with van der Waals surface area (Å²) in [7, 11) is 0. The molecular weight excluding hydrogens is 146 g/mol. The number of halogens is 1. The van der Waals surface area contributed by atoms with Gasteiger partial charge in [0.1, 0.15) is 0 Å². The van der Waals surface area contributed by atoms with Crippen molar-refractivity contribution < 1.29 is 0 Å². The molecule has 0 unspecified atom stereocenters. The maximum absolute atomic E-state index is 5.56. The Bertz CT molecular complexity index is 168. The zero-order valence-electron chi connectivity index (χ0n) is 6.39. The van der Waals surface area contributed by atoms with Crippen LogP contribution in [0.1, 0.15) is 13.8 Å². The van der Waals surface area contributed by atoms with Crippen molar-refractivity contribution in [1.82, 2.24) is 0 Å². The standard InChI is InChI=1S/C6H6ClN.C2H6/c1-5-2-6(7)4-8-3-5;1-2/h2,4H,1,3H2;1-2H3. The molecule has 0 aromatic heterocycles. The number of hydrogen-bond donors (Lipinski definition) is 0. The van der Waals surface area contributed by atoms with E-state index in [1.54, 1.807) is 6.21 Å². The highest BCUT2D eigenvalue weighted by atomic mass is 35.5. The smallest absolute Gasteiger partial charge is 0.0635 e. The van der Waals surface area contributed by atoms with E-state index in [-0.39, 0.29) is 0 Å². The topological polar surface area (TPSA) is 12.4 Å². The van der Waals surface area contributed by atoms with Gasteiger partial charge in [0.25, 0.3) is 0 Å². The molecule has 0 radical (unpaired) electrons. The molecule has 0 saturated heterocycles. The van der Waals surface area contributed by atoms with E-state index in [1.807, 2.05) is 19.9 Å². The van der Waals surface area contributed by atoms with Crippen LogP contribution in [-0.2, 0) is 0 Å². The monoisotopic (exact) mass is 157 g/mol. The summed E-state index contributed by atoms with van der Waals surface area (Å²) in [4.78, 5) is 3.91. The normalized spacial score (nSPS) is 15.5. The maximum Gasteiger partial charge on any atom is 0.0635 e. The average Bonchev–Trinajstić information content (AvgIpc) is 1.91. The Hall–Kier alpha value is -0.560. The Morgan fingerprint density at radius 2 is 2.20 bits per heavy atom. The molecule has 0 N–H and O–H groups in total. The lowest BCUT2D eigenvalue weighted by molar-refractivity contribution is 1.18. The number of hydrogen-bond acceptors (Lipinski definition) is 1. The highest BCUT2D eigenvalue weighted by molar-refractivity contribution is 6.39. The van der Waals surface area contributed by atoms with Gasteiger partial charge in [-0.1, -0.05) is 32.0 Å². The number of nitrogens with zero attached hydrogens (tertiary/aromatic N) is 1. The summed E-state index contributed by atoms with van der Waals surface area (Å²) in [5.41, 5.74) is 0.970. The molecule has 0 fully saturated rings. The van der Waals surface area contributed by atoms with Gasteiger partial charge >= 0.3 is 0 Å². The minimum atomic E-state index is 0.668. The molecule has 0 aromatic carbocycles. The predicted octanol–water partition coefficient (Wildman–Crippen LogP) is 2.78. The Morgan fingerprint density at radius 3 is 2.50 bits per heavy atom. The Morgan fingerprint density at radius 1 is 1.60 bits per heavy atom. The summed E-state index contributed by atoms with van der Waals surface area (Å²) in [5, 5.41) is 0.668. The van der Waals surface area contributed by atoms with Gasteiger partial charge < -0.3 is 0 Å². The minimum absolute atomic E-state index is 0.668. The Labute approximate surface area is 67.1 Å². The first-order chi connectivity index (χ1) is 4.79. The molecule has 1 rings (SSSR count). The van der Waals surface area contributed by atoms with E-state index >= 15 is 0 Å². The summed E-state index contributed by atoms with van der Waals surface area (Å²) in [6.07, 6.45) is 3.45. The van der Waals surface area contributed by atoms with Crippen LogP contribution in [0.3, 0.4) is 0 Å². The van der Waals surface area contributed by atoms with Gasteiger partial charge in [-0.3, -0.25) is 4.99 Å². The molecule has 0 bridgehead atoms. The van der Waals surface area contributed by atoms with E-state index in [9.17, 15) is 0 Å². The van der Waals surface area contributed by atoms with Crippen LogP contribution < -0.4 is 0 Å². The van der Waals surface area contributed by atoms with Crippen molar-refractivity contribution in [3.8, 4) is 0 Å². The van der Waals surface area contributed by atoms with Gasteiger partial charge in [0.05, 0.1) is 11.6 Å². The van der Waals surface area contributed by atoms with Gasteiger partial charge in [-0.2, -0.15) is 0 Å². The van der Waals surface area contributed by atoms with E-state index in [0.29, 0.717) is 11.6 Å². The first-order valence-corrected chi connectivity index (χ1v) is 3.71. The van der Waals surface area contributed by atoms with Crippen molar-refractivity contribution in [2.75, 3.05) is 6.54 Å². The Kier molecular flexibility index (Phi) is 4.95. The quantitative estimate of drug-likeness (QED) is 0.513. The van der Waals surface area contributed by atoms with Crippen molar-refractivity contribution in [3.63, 3.8) is 0 Å². The number of rotatable bonds is 0. The molecule has 0 atom stereocenters. The van der Waals surface area contributed by atoms with Crippen molar-refractivity contribution in [1.29, 1.82) is 0 Å². The third-order valence-electron chi connectivity index (χ3n) is 0.851. The summed E-state index contributed by atoms with van der Waals surface area (Å²) in [6, 6.07) is 0. The summed E-state index contributed by atoms with van der Waals surface area (Å²) >= 11 is 5.56. The molecule has 0 aliphatic carbocycles. The lowest BCUT2D eigenvalue weighted by atomic mass is 10.2. The van der Waals surface area contributed by atoms with Gasteiger partial charge in [-0.25, -0.2) is 0 Å². The zero-order valence-corrected chi connectivity index (χ0v) is 7.15. The molecule has 1 aliphatic rings. The highest BCUT2D eigenvalue weighted by Crippen LogP contribution is 2.07. The maximum atomic E-state index is 5.56. The van der Waals surface area contributed by atoms with Crippen LogP contribution in [0.5, 0.6) is 0 Å². The van der Waals surface area contributed by atoms with Gasteiger partial charge in [-0.15, -0.1) is 0 Å². The fourth-order valence-electron chi connectivity index (χ4n) is 0.528. The van der Waals surface area contributed by atoms with Crippen LogP contribution in [0.25, 0.3) is 0 Å². The summed E-state index contributed by atoms with van der Waals surface area (Å²) in [6.45, 7) is 8.38. The second kappa shape index (κ2) is 5.24. The molecule has 10 heavy (non-hydrogen) atoms. The minimum Gasteiger partial charge on any atom is -0.287 e. The lowest BCUT2D eigenvalue weighted by Gasteiger charge is -1.99. The fourth-order valence-corrected chi connectivity index (χ4v) is 0.751. The molecule has 0 aromatic rings. The number of allylic oxidation sites excluding steroid dienone is 1.